The molecular formula is C9H14N4O. The topological polar surface area (TPSA) is 80.9 Å². The minimum atomic E-state index is -0.00954. The third-order valence-electron chi connectivity index (χ3n) is 1.72. The van der Waals surface area contributed by atoms with E-state index in [0.717, 1.165) is 5.56 Å². The van der Waals surface area contributed by atoms with Crippen molar-refractivity contribution in [2.24, 2.45) is 5.92 Å². The van der Waals surface area contributed by atoms with E-state index in [1.807, 2.05) is 13.8 Å². The minimum Gasteiger partial charge on any atom is -0.368 e. The molecule has 1 rings (SSSR count). The maximum Gasteiger partial charge on any atom is 0.222 e. The van der Waals surface area contributed by atoms with E-state index in [1.54, 1.807) is 12.4 Å². The number of aromatic nitrogens is 2. The van der Waals surface area contributed by atoms with Crippen LogP contribution >= 0.6 is 0 Å². The highest BCUT2D eigenvalue weighted by Gasteiger charge is 2.05. The van der Waals surface area contributed by atoms with Crippen LogP contribution in [-0.2, 0) is 11.3 Å². The summed E-state index contributed by atoms with van der Waals surface area (Å²) < 4.78 is 0. The van der Waals surface area contributed by atoms with Crippen molar-refractivity contribution in [3.05, 3.63) is 18.0 Å². The summed E-state index contributed by atoms with van der Waals surface area (Å²) in [7, 11) is 0. The highest BCUT2D eigenvalue weighted by molar-refractivity contribution is 5.77. The van der Waals surface area contributed by atoms with E-state index >= 15 is 0 Å². The second-order valence-electron chi connectivity index (χ2n) is 3.32. The molecule has 1 amide bonds. The van der Waals surface area contributed by atoms with Gasteiger partial charge in [0.2, 0.25) is 11.9 Å². The molecule has 0 aliphatic rings. The number of hydrogen-bond acceptors (Lipinski definition) is 4. The normalized spacial score (nSPS) is 10.2. The van der Waals surface area contributed by atoms with Gasteiger partial charge in [0.1, 0.15) is 0 Å². The number of carbonyl (C=O) groups excluding carboxylic acids is 1. The molecule has 0 unspecified atom stereocenters. The van der Waals surface area contributed by atoms with Gasteiger partial charge >= 0.3 is 0 Å². The number of nitrogens with two attached hydrogens (primary N) is 1. The molecule has 5 heteroatoms. The Balaban J connectivity index is 2.46. The number of amides is 1. The maximum absolute atomic E-state index is 11.2. The molecule has 3 N–H and O–H groups in total. The van der Waals surface area contributed by atoms with Crippen molar-refractivity contribution in [1.29, 1.82) is 0 Å². The van der Waals surface area contributed by atoms with Gasteiger partial charge in [-0.1, -0.05) is 13.8 Å². The van der Waals surface area contributed by atoms with Crippen LogP contribution in [0.2, 0.25) is 0 Å². The van der Waals surface area contributed by atoms with Gasteiger partial charge in [0, 0.05) is 30.4 Å². The molecule has 0 fully saturated rings. The average molecular weight is 194 g/mol. The van der Waals surface area contributed by atoms with E-state index < -0.39 is 0 Å². The summed E-state index contributed by atoms with van der Waals surface area (Å²) in [5.74, 6) is 0.246. The van der Waals surface area contributed by atoms with Crippen LogP contribution < -0.4 is 11.1 Å². The largest absolute Gasteiger partial charge is 0.368 e. The monoisotopic (exact) mass is 194 g/mol. The van der Waals surface area contributed by atoms with Crippen LogP contribution in [0.25, 0.3) is 0 Å². The number of anilines is 1. The van der Waals surface area contributed by atoms with Crippen LogP contribution in [0.1, 0.15) is 19.4 Å². The molecule has 76 valence electrons. The van der Waals surface area contributed by atoms with Gasteiger partial charge in [-0.25, -0.2) is 9.97 Å². The SMILES string of the molecule is CC(C)C(=O)NCc1cnc(N)nc1. The lowest BCUT2D eigenvalue weighted by molar-refractivity contribution is -0.124. The van der Waals surface area contributed by atoms with Crippen LogP contribution in [0.3, 0.4) is 0 Å². The molecule has 0 bridgehead atoms. The molecule has 0 radical (unpaired) electrons. The Labute approximate surface area is 82.7 Å². The maximum atomic E-state index is 11.2. The predicted octanol–water partition coefficient (Wildman–Crippen LogP) is 0.331. The van der Waals surface area contributed by atoms with E-state index in [4.69, 9.17) is 5.73 Å². The van der Waals surface area contributed by atoms with Gasteiger partial charge in [-0.15, -0.1) is 0 Å². The smallest absolute Gasteiger partial charge is 0.222 e. The van der Waals surface area contributed by atoms with Gasteiger partial charge in [-0.05, 0) is 0 Å². The molecule has 0 atom stereocenters. The fourth-order valence-corrected chi connectivity index (χ4v) is 0.849. The number of nitrogen functional groups attached to an aromatic ring is 1. The summed E-state index contributed by atoms with van der Waals surface area (Å²) in [6.07, 6.45) is 3.20. The molecule has 0 spiro atoms. The molecule has 14 heavy (non-hydrogen) atoms. The van der Waals surface area contributed by atoms with Crippen LogP contribution in [0.5, 0.6) is 0 Å². The average Bonchev–Trinajstić information content (AvgIpc) is 2.16. The Morgan fingerprint density at radius 3 is 2.57 bits per heavy atom. The zero-order valence-corrected chi connectivity index (χ0v) is 8.32. The van der Waals surface area contributed by atoms with E-state index in [9.17, 15) is 4.79 Å². The Kier molecular flexibility index (Phi) is 3.39. The number of nitrogens with zero attached hydrogens (tertiary/aromatic N) is 2. The predicted molar refractivity (Wildman–Crippen MR) is 53.1 cm³/mol. The van der Waals surface area contributed by atoms with Crippen molar-refractivity contribution in [3.63, 3.8) is 0 Å². The van der Waals surface area contributed by atoms with E-state index in [0.29, 0.717) is 6.54 Å². The van der Waals surface area contributed by atoms with E-state index in [-0.39, 0.29) is 17.8 Å². The first kappa shape index (κ1) is 10.4. The lowest BCUT2D eigenvalue weighted by atomic mass is 10.2. The van der Waals surface area contributed by atoms with Crippen molar-refractivity contribution in [2.75, 3.05) is 5.73 Å². The first-order valence-corrected chi connectivity index (χ1v) is 4.43. The lowest BCUT2D eigenvalue weighted by Gasteiger charge is -2.06. The Morgan fingerprint density at radius 1 is 1.50 bits per heavy atom. The van der Waals surface area contributed by atoms with E-state index in [1.165, 1.54) is 0 Å². The quantitative estimate of drug-likeness (QED) is 0.726. The number of nitrogens with one attached hydrogen (secondary N) is 1. The van der Waals surface area contributed by atoms with Gasteiger partial charge in [0.25, 0.3) is 0 Å². The zero-order valence-electron chi connectivity index (χ0n) is 8.32. The standard InChI is InChI=1S/C9H14N4O/c1-6(2)8(14)11-3-7-4-12-9(10)13-5-7/h4-6H,3H2,1-2H3,(H,11,14)(H2,10,12,13). The van der Waals surface area contributed by atoms with Crippen LogP contribution in [0.4, 0.5) is 5.95 Å². The van der Waals surface area contributed by atoms with Crippen molar-refractivity contribution < 1.29 is 4.79 Å². The second-order valence-corrected chi connectivity index (χ2v) is 3.32. The van der Waals surface area contributed by atoms with E-state index in [2.05, 4.69) is 15.3 Å². The highest BCUT2D eigenvalue weighted by Crippen LogP contribution is 1.97. The van der Waals surface area contributed by atoms with Gasteiger partial charge in [-0.2, -0.15) is 0 Å². The molecule has 1 aromatic rings. The van der Waals surface area contributed by atoms with Gasteiger partial charge < -0.3 is 11.1 Å². The zero-order chi connectivity index (χ0) is 10.6. The number of hydrogen-bond donors (Lipinski definition) is 2. The molecule has 0 aliphatic heterocycles. The van der Waals surface area contributed by atoms with Crippen molar-refractivity contribution in [3.8, 4) is 0 Å². The lowest BCUT2D eigenvalue weighted by Crippen LogP contribution is -2.27. The molecule has 0 saturated carbocycles. The molecule has 1 heterocycles. The van der Waals surface area contributed by atoms with Gasteiger partial charge in [0.05, 0.1) is 0 Å². The molecular weight excluding hydrogens is 180 g/mol. The first-order valence-electron chi connectivity index (χ1n) is 4.43. The van der Waals surface area contributed by atoms with Crippen molar-refractivity contribution in [2.45, 2.75) is 20.4 Å². The summed E-state index contributed by atoms with van der Waals surface area (Å²) in [4.78, 5) is 18.8. The molecule has 5 nitrogen and oxygen atoms in total. The second kappa shape index (κ2) is 4.55. The highest BCUT2D eigenvalue weighted by atomic mass is 16.1. The molecule has 0 aliphatic carbocycles. The van der Waals surface area contributed by atoms with Crippen LogP contribution in [-0.4, -0.2) is 15.9 Å². The fourth-order valence-electron chi connectivity index (χ4n) is 0.849. The third-order valence-corrected chi connectivity index (χ3v) is 1.72. The summed E-state index contributed by atoms with van der Waals surface area (Å²) >= 11 is 0. The van der Waals surface area contributed by atoms with Crippen molar-refractivity contribution in [1.82, 2.24) is 15.3 Å². The molecule has 0 saturated heterocycles. The summed E-state index contributed by atoms with van der Waals surface area (Å²) in [5, 5.41) is 2.76. The molecule has 0 aromatic carbocycles. The van der Waals surface area contributed by atoms with Gasteiger partial charge in [-0.3, -0.25) is 4.79 Å². The summed E-state index contributed by atoms with van der Waals surface area (Å²) in [6.45, 7) is 4.13. The summed E-state index contributed by atoms with van der Waals surface area (Å²) in [5.41, 5.74) is 6.16. The fraction of sp³-hybridized carbons (Fsp3) is 0.444. The Hall–Kier alpha value is -1.65. The minimum absolute atomic E-state index is 0.00954. The van der Waals surface area contributed by atoms with Crippen molar-refractivity contribution >= 4 is 11.9 Å². The summed E-state index contributed by atoms with van der Waals surface area (Å²) in [6, 6.07) is 0. The number of rotatable bonds is 3. The number of carbonyl (C=O) groups is 1. The molecule has 1 aromatic heterocycles. The Morgan fingerprint density at radius 2 is 2.07 bits per heavy atom. The Bertz CT molecular complexity index is 307. The first-order chi connectivity index (χ1) is 6.59. The van der Waals surface area contributed by atoms with Gasteiger partial charge in [0.15, 0.2) is 0 Å². The van der Waals surface area contributed by atoms with Crippen LogP contribution in [0, 0.1) is 5.92 Å². The van der Waals surface area contributed by atoms with Crippen LogP contribution in [0.15, 0.2) is 12.4 Å². The third kappa shape index (κ3) is 3.01.